The molecule has 1 saturated heterocycles. The lowest BCUT2D eigenvalue weighted by molar-refractivity contribution is -0.151. The molecule has 0 N–H and O–H groups in total. The number of aromatic nitrogens is 2. The van der Waals surface area contributed by atoms with E-state index in [-0.39, 0.29) is 23.5 Å². The molecule has 2 heterocycles. The lowest BCUT2D eigenvalue weighted by Gasteiger charge is -2.30. The van der Waals surface area contributed by atoms with Crippen molar-refractivity contribution in [2.24, 2.45) is 5.92 Å². The third kappa shape index (κ3) is 5.44. The number of carbonyl (C=O) groups excluding carboxylic acids is 2. The van der Waals surface area contributed by atoms with Crippen molar-refractivity contribution in [1.29, 1.82) is 0 Å². The van der Waals surface area contributed by atoms with Gasteiger partial charge in [0.15, 0.2) is 0 Å². The molecule has 9 nitrogen and oxygen atoms in total. The Morgan fingerprint density at radius 3 is 2.40 bits per heavy atom. The number of hydrogen-bond acceptors (Lipinski definition) is 9. The number of amides is 1. The van der Waals surface area contributed by atoms with Gasteiger partial charge in [0.05, 0.1) is 32.5 Å². The zero-order chi connectivity index (χ0) is 21.5. The van der Waals surface area contributed by atoms with Crippen LogP contribution in [0.15, 0.2) is 27.8 Å². The topological polar surface area (TPSA) is 104 Å². The van der Waals surface area contributed by atoms with Gasteiger partial charge in [-0.3, -0.25) is 9.59 Å². The summed E-state index contributed by atoms with van der Waals surface area (Å²) in [5.41, 5.74) is 0.665. The van der Waals surface area contributed by atoms with Crippen LogP contribution in [0.1, 0.15) is 19.8 Å². The number of carbonyl (C=O) groups is 2. The van der Waals surface area contributed by atoms with E-state index in [0.717, 1.165) is 0 Å². The molecule has 162 valence electrons. The van der Waals surface area contributed by atoms with Crippen molar-refractivity contribution in [1.82, 2.24) is 15.1 Å². The van der Waals surface area contributed by atoms with Gasteiger partial charge in [0.2, 0.25) is 11.8 Å². The lowest BCUT2D eigenvalue weighted by atomic mass is 9.97. The number of esters is 1. The number of piperidine rings is 1. The highest BCUT2D eigenvalue weighted by Crippen LogP contribution is 2.30. The van der Waals surface area contributed by atoms with E-state index in [1.54, 1.807) is 44.2 Å². The summed E-state index contributed by atoms with van der Waals surface area (Å²) in [5.74, 6) is 1.40. The van der Waals surface area contributed by atoms with Gasteiger partial charge in [-0.15, -0.1) is 10.2 Å². The maximum atomic E-state index is 12.5. The Kier molecular flexibility index (Phi) is 7.56. The zero-order valence-electron chi connectivity index (χ0n) is 17.3. The van der Waals surface area contributed by atoms with E-state index in [1.807, 2.05) is 0 Å². The second-order valence-electron chi connectivity index (χ2n) is 6.67. The predicted molar refractivity (Wildman–Crippen MR) is 109 cm³/mol. The van der Waals surface area contributed by atoms with Gasteiger partial charge in [-0.1, -0.05) is 11.8 Å². The second-order valence-corrected chi connectivity index (χ2v) is 7.60. The van der Waals surface area contributed by atoms with Gasteiger partial charge in [0.1, 0.15) is 11.5 Å². The molecule has 1 aliphatic heterocycles. The molecule has 0 spiro atoms. The summed E-state index contributed by atoms with van der Waals surface area (Å²) in [6.45, 7) is 3.26. The summed E-state index contributed by atoms with van der Waals surface area (Å²) in [7, 11) is 3.13. The fourth-order valence-corrected chi connectivity index (χ4v) is 3.82. The zero-order valence-corrected chi connectivity index (χ0v) is 18.1. The Balaban J connectivity index is 1.53. The fourth-order valence-electron chi connectivity index (χ4n) is 3.16. The van der Waals surface area contributed by atoms with Gasteiger partial charge in [0.25, 0.3) is 5.22 Å². The number of rotatable bonds is 8. The minimum absolute atomic E-state index is 0.0230. The van der Waals surface area contributed by atoms with Gasteiger partial charge in [-0.25, -0.2) is 0 Å². The SMILES string of the molecule is CCOC(=O)C1CCN(C(=O)CSc2nnc(-c3cc(OC)cc(OC)c3)o2)CC1. The normalized spacial score (nSPS) is 14.4. The number of hydrogen-bond donors (Lipinski definition) is 0. The van der Waals surface area contributed by atoms with Gasteiger partial charge in [-0.2, -0.15) is 0 Å². The summed E-state index contributed by atoms with van der Waals surface area (Å²) < 4.78 is 21.2. The quantitative estimate of drug-likeness (QED) is 0.457. The summed E-state index contributed by atoms with van der Waals surface area (Å²) in [6, 6.07) is 5.28. The van der Waals surface area contributed by atoms with Gasteiger partial charge >= 0.3 is 5.97 Å². The Labute approximate surface area is 179 Å². The predicted octanol–water partition coefficient (Wildman–Crippen LogP) is 2.65. The minimum atomic E-state index is -0.175. The molecule has 1 aliphatic rings. The summed E-state index contributed by atoms with van der Waals surface area (Å²) >= 11 is 1.19. The first kappa shape index (κ1) is 21.9. The second kappa shape index (κ2) is 10.3. The van der Waals surface area contributed by atoms with Gasteiger partial charge in [0, 0.05) is 24.7 Å². The largest absolute Gasteiger partial charge is 0.497 e. The monoisotopic (exact) mass is 435 g/mol. The highest BCUT2D eigenvalue weighted by molar-refractivity contribution is 7.99. The van der Waals surface area contributed by atoms with Crippen LogP contribution in [-0.4, -0.2) is 66.6 Å². The minimum Gasteiger partial charge on any atom is -0.497 e. The first-order valence-electron chi connectivity index (χ1n) is 9.68. The van der Waals surface area contributed by atoms with Crippen LogP contribution in [0.25, 0.3) is 11.5 Å². The molecule has 0 aliphatic carbocycles. The molecule has 2 aromatic rings. The van der Waals surface area contributed by atoms with Crippen LogP contribution >= 0.6 is 11.8 Å². The van der Waals surface area contributed by atoms with E-state index in [9.17, 15) is 9.59 Å². The third-order valence-corrected chi connectivity index (χ3v) is 5.59. The van der Waals surface area contributed by atoms with Crippen molar-refractivity contribution in [3.05, 3.63) is 18.2 Å². The summed E-state index contributed by atoms with van der Waals surface area (Å²) in [5, 5.41) is 8.37. The highest BCUT2D eigenvalue weighted by atomic mass is 32.2. The van der Waals surface area contributed by atoms with E-state index in [0.29, 0.717) is 60.7 Å². The van der Waals surface area contributed by atoms with Crippen LogP contribution in [0.3, 0.4) is 0 Å². The van der Waals surface area contributed by atoms with E-state index >= 15 is 0 Å². The molecule has 1 aromatic carbocycles. The van der Waals surface area contributed by atoms with Crippen LogP contribution in [0.5, 0.6) is 11.5 Å². The van der Waals surface area contributed by atoms with Crippen LogP contribution in [-0.2, 0) is 14.3 Å². The standard InChI is InChI=1S/C20H25N3O6S/c1-4-28-19(25)13-5-7-23(8-6-13)17(24)12-30-20-22-21-18(29-20)14-9-15(26-2)11-16(10-14)27-3/h9-11,13H,4-8,12H2,1-3H3. The van der Waals surface area contributed by atoms with Crippen molar-refractivity contribution >= 4 is 23.6 Å². The van der Waals surface area contributed by atoms with Crippen molar-refractivity contribution in [2.75, 3.05) is 39.7 Å². The first-order valence-corrected chi connectivity index (χ1v) is 10.7. The van der Waals surface area contributed by atoms with E-state index in [1.165, 1.54) is 11.8 Å². The smallest absolute Gasteiger partial charge is 0.309 e. The number of likely N-dealkylation sites (tertiary alicyclic amines) is 1. The number of ether oxygens (including phenoxy) is 3. The fraction of sp³-hybridized carbons (Fsp3) is 0.500. The Morgan fingerprint density at radius 2 is 1.80 bits per heavy atom. The molecule has 30 heavy (non-hydrogen) atoms. The summed E-state index contributed by atoms with van der Waals surface area (Å²) in [4.78, 5) is 26.1. The Hall–Kier alpha value is -2.75. The van der Waals surface area contributed by atoms with Crippen LogP contribution < -0.4 is 9.47 Å². The first-order chi connectivity index (χ1) is 14.5. The average Bonchev–Trinajstić information content (AvgIpc) is 3.26. The molecular weight excluding hydrogens is 410 g/mol. The molecule has 3 rings (SSSR count). The molecule has 0 unspecified atom stereocenters. The molecule has 10 heteroatoms. The highest BCUT2D eigenvalue weighted by Gasteiger charge is 2.28. The average molecular weight is 436 g/mol. The van der Waals surface area contributed by atoms with Crippen molar-refractivity contribution < 1.29 is 28.2 Å². The van der Waals surface area contributed by atoms with Crippen LogP contribution in [0.2, 0.25) is 0 Å². The maximum Gasteiger partial charge on any atom is 0.309 e. The number of benzene rings is 1. The summed E-state index contributed by atoms with van der Waals surface area (Å²) in [6.07, 6.45) is 1.25. The maximum absolute atomic E-state index is 12.5. The van der Waals surface area contributed by atoms with Crippen LogP contribution in [0.4, 0.5) is 0 Å². The van der Waals surface area contributed by atoms with Gasteiger partial charge < -0.3 is 23.5 Å². The van der Waals surface area contributed by atoms with E-state index < -0.39 is 0 Å². The van der Waals surface area contributed by atoms with Crippen molar-refractivity contribution in [2.45, 2.75) is 25.0 Å². The molecular formula is C20H25N3O6S. The molecule has 0 bridgehead atoms. The molecule has 1 aromatic heterocycles. The molecule has 1 amide bonds. The van der Waals surface area contributed by atoms with E-state index in [2.05, 4.69) is 10.2 Å². The van der Waals surface area contributed by atoms with Crippen LogP contribution in [0, 0.1) is 5.92 Å². The molecule has 0 atom stereocenters. The number of thioether (sulfide) groups is 1. The Morgan fingerprint density at radius 1 is 1.13 bits per heavy atom. The van der Waals surface area contributed by atoms with E-state index in [4.69, 9.17) is 18.6 Å². The number of methoxy groups -OCH3 is 2. The molecule has 1 fully saturated rings. The molecule has 0 radical (unpaired) electrons. The molecule has 0 saturated carbocycles. The van der Waals surface area contributed by atoms with Crippen molar-refractivity contribution in [3.63, 3.8) is 0 Å². The lowest BCUT2D eigenvalue weighted by Crippen LogP contribution is -2.41. The van der Waals surface area contributed by atoms with Crippen molar-refractivity contribution in [3.8, 4) is 23.0 Å². The number of nitrogens with zero attached hydrogens (tertiary/aromatic N) is 3. The van der Waals surface area contributed by atoms with Gasteiger partial charge in [-0.05, 0) is 31.9 Å². The Bertz CT molecular complexity index is 857. The third-order valence-electron chi connectivity index (χ3n) is 4.79.